The molecule has 0 spiro atoms. The number of hydrogen-bond donors (Lipinski definition) is 1. The third kappa shape index (κ3) is 6.99. The maximum absolute atomic E-state index is 8.89. The van der Waals surface area contributed by atoms with Gasteiger partial charge in [-0.05, 0) is 19.1 Å². The fourth-order valence-corrected chi connectivity index (χ4v) is 0.582. The zero-order valence-electron chi connectivity index (χ0n) is 6.11. The topological polar surface area (TPSA) is 53.3 Å². The van der Waals surface area contributed by atoms with Gasteiger partial charge in [-0.3, -0.25) is 0 Å². The molecule has 1 rings (SSSR count). The van der Waals surface area contributed by atoms with Crippen molar-refractivity contribution in [3.05, 3.63) is 24.2 Å². The molecular formula is C7H9O3S-. The summed E-state index contributed by atoms with van der Waals surface area (Å²) in [5, 5.41) is 8.89. The molecule has 1 heterocycles. The van der Waals surface area contributed by atoms with E-state index in [1.165, 1.54) is 0 Å². The Labute approximate surface area is 70.4 Å². The lowest BCUT2D eigenvalue weighted by Gasteiger charge is -1.79. The Morgan fingerprint density at radius 2 is 2.36 bits per heavy atom. The number of rotatable bonds is 1. The molecule has 0 aliphatic rings. The molecule has 0 aliphatic heterocycles. The van der Waals surface area contributed by atoms with Gasteiger partial charge in [-0.2, -0.15) is 12.6 Å². The highest BCUT2D eigenvalue weighted by molar-refractivity contribution is 7.79. The van der Waals surface area contributed by atoms with Crippen LogP contribution in [0.25, 0.3) is 0 Å². The van der Waals surface area contributed by atoms with Gasteiger partial charge < -0.3 is 14.3 Å². The Bertz CT molecular complexity index is 189. The normalized spacial score (nSPS) is 8.18. The molecule has 0 aromatic carbocycles. The molecular weight excluding hydrogens is 164 g/mol. The Hall–Kier alpha value is -0.900. The van der Waals surface area contributed by atoms with Gasteiger partial charge in [-0.1, -0.05) is 0 Å². The molecule has 0 saturated carbocycles. The molecule has 0 atom stereocenters. The van der Waals surface area contributed by atoms with Crippen LogP contribution in [0.3, 0.4) is 0 Å². The first-order valence-electron chi connectivity index (χ1n) is 2.97. The third-order valence-corrected chi connectivity index (χ3v) is 1.05. The van der Waals surface area contributed by atoms with E-state index in [1.807, 2.05) is 12.1 Å². The van der Waals surface area contributed by atoms with Crippen molar-refractivity contribution in [2.24, 2.45) is 0 Å². The van der Waals surface area contributed by atoms with E-state index in [2.05, 4.69) is 12.6 Å². The summed E-state index contributed by atoms with van der Waals surface area (Å²) in [5.74, 6) is 0.524. The number of carboxylic acid groups (broad SMARTS) is 1. The monoisotopic (exact) mass is 173 g/mol. The summed E-state index contributed by atoms with van der Waals surface area (Å²) >= 11 is 3.98. The number of furan rings is 1. The van der Waals surface area contributed by atoms with E-state index >= 15 is 0 Å². The third-order valence-electron chi connectivity index (χ3n) is 0.736. The zero-order valence-corrected chi connectivity index (χ0v) is 7.01. The number of hydrogen-bond acceptors (Lipinski definition) is 4. The maximum atomic E-state index is 8.89. The largest absolute Gasteiger partial charge is 0.550 e. The van der Waals surface area contributed by atoms with Crippen molar-refractivity contribution in [3.63, 3.8) is 0 Å². The molecule has 0 unspecified atom stereocenters. The van der Waals surface area contributed by atoms with E-state index < -0.39 is 5.97 Å². The van der Waals surface area contributed by atoms with Crippen molar-refractivity contribution in [1.82, 2.24) is 0 Å². The van der Waals surface area contributed by atoms with E-state index in [0.717, 1.165) is 12.7 Å². The van der Waals surface area contributed by atoms with Gasteiger partial charge in [0.05, 0.1) is 6.26 Å². The predicted octanol–water partition coefficient (Wildman–Crippen LogP) is 0.466. The Morgan fingerprint density at radius 1 is 1.82 bits per heavy atom. The highest BCUT2D eigenvalue weighted by atomic mass is 32.1. The molecule has 0 amide bonds. The predicted molar refractivity (Wildman–Crippen MR) is 42.1 cm³/mol. The molecule has 0 N–H and O–H groups in total. The number of thiol groups is 1. The Balaban J connectivity index is 0.000000218. The van der Waals surface area contributed by atoms with Crippen LogP contribution in [0.5, 0.6) is 0 Å². The van der Waals surface area contributed by atoms with Crippen molar-refractivity contribution >= 4 is 18.6 Å². The molecule has 0 bridgehead atoms. The lowest BCUT2D eigenvalue weighted by molar-refractivity contribution is -0.302. The molecule has 1 aromatic heterocycles. The highest BCUT2D eigenvalue weighted by Gasteiger charge is 1.85. The summed E-state index contributed by atoms with van der Waals surface area (Å²) in [6.45, 7) is 0.972. The standard InChI is InChI=1S/C5H6OS.C2H4O2/c7-4-5-2-1-3-6-5;1-2(3)4/h1-3,7H,4H2;1H3,(H,3,4)/p-1. The van der Waals surface area contributed by atoms with Gasteiger partial charge in [-0.25, -0.2) is 0 Å². The second-order valence-corrected chi connectivity index (χ2v) is 2.05. The van der Waals surface area contributed by atoms with E-state index in [1.54, 1.807) is 6.26 Å². The average Bonchev–Trinajstić information content (AvgIpc) is 2.36. The van der Waals surface area contributed by atoms with Crippen LogP contribution in [0, 0.1) is 0 Å². The van der Waals surface area contributed by atoms with Crippen LogP contribution >= 0.6 is 12.6 Å². The second-order valence-electron chi connectivity index (χ2n) is 1.73. The SMILES string of the molecule is CC(=O)[O-].SCc1ccco1. The van der Waals surface area contributed by atoms with Gasteiger partial charge >= 0.3 is 0 Å². The number of aliphatic carboxylic acids is 1. The second kappa shape index (κ2) is 5.85. The zero-order chi connectivity index (χ0) is 8.69. The summed E-state index contributed by atoms with van der Waals surface area (Å²) in [5.41, 5.74) is 0. The molecule has 0 saturated heterocycles. The first-order valence-corrected chi connectivity index (χ1v) is 3.61. The minimum Gasteiger partial charge on any atom is -0.550 e. The van der Waals surface area contributed by atoms with Crippen LogP contribution in [-0.4, -0.2) is 5.97 Å². The summed E-state index contributed by atoms with van der Waals surface area (Å²) in [7, 11) is 0. The average molecular weight is 173 g/mol. The van der Waals surface area contributed by atoms with Crippen LogP contribution in [0.4, 0.5) is 0 Å². The van der Waals surface area contributed by atoms with Crippen LogP contribution in [0.1, 0.15) is 12.7 Å². The fourth-order valence-electron chi connectivity index (χ4n) is 0.403. The molecule has 3 nitrogen and oxygen atoms in total. The Morgan fingerprint density at radius 3 is 2.55 bits per heavy atom. The minimum atomic E-state index is -1.08. The van der Waals surface area contributed by atoms with Crippen molar-refractivity contribution < 1.29 is 14.3 Å². The molecule has 0 fully saturated rings. The number of carbonyl (C=O) groups excluding carboxylic acids is 1. The number of carbonyl (C=O) groups is 1. The molecule has 4 heteroatoms. The van der Waals surface area contributed by atoms with Crippen molar-refractivity contribution in [2.75, 3.05) is 0 Å². The molecule has 62 valence electrons. The van der Waals surface area contributed by atoms with Crippen molar-refractivity contribution in [2.45, 2.75) is 12.7 Å². The van der Waals surface area contributed by atoms with E-state index in [9.17, 15) is 0 Å². The minimum absolute atomic E-state index is 0.688. The lowest BCUT2D eigenvalue weighted by Crippen LogP contribution is -2.16. The summed E-state index contributed by atoms with van der Waals surface area (Å²) < 4.78 is 4.91. The summed E-state index contributed by atoms with van der Waals surface area (Å²) in [6, 6.07) is 3.75. The summed E-state index contributed by atoms with van der Waals surface area (Å²) in [6.07, 6.45) is 1.64. The maximum Gasteiger partial charge on any atom is 0.113 e. The lowest BCUT2D eigenvalue weighted by atomic mass is 10.5. The van der Waals surface area contributed by atoms with Crippen LogP contribution in [0.2, 0.25) is 0 Å². The van der Waals surface area contributed by atoms with Gasteiger partial charge in [0.1, 0.15) is 5.76 Å². The highest BCUT2D eigenvalue weighted by Crippen LogP contribution is 2.01. The molecule has 1 aromatic rings. The molecule has 0 aliphatic carbocycles. The van der Waals surface area contributed by atoms with E-state index in [0.29, 0.717) is 5.75 Å². The molecule has 0 radical (unpaired) electrons. The smallest absolute Gasteiger partial charge is 0.113 e. The quantitative estimate of drug-likeness (QED) is 0.628. The van der Waals surface area contributed by atoms with E-state index in [4.69, 9.17) is 14.3 Å². The van der Waals surface area contributed by atoms with Gasteiger partial charge in [-0.15, -0.1) is 0 Å². The molecule has 11 heavy (non-hydrogen) atoms. The van der Waals surface area contributed by atoms with Crippen LogP contribution < -0.4 is 5.11 Å². The van der Waals surface area contributed by atoms with Gasteiger partial charge in [0, 0.05) is 11.7 Å². The Kier molecular flexibility index (Phi) is 5.37. The van der Waals surface area contributed by atoms with Gasteiger partial charge in [0.2, 0.25) is 0 Å². The fraction of sp³-hybridized carbons (Fsp3) is 0.286. The first kappa shape index (κ1) is 10.1. The van der Waals surface area contributed by atoms with Gasteiger partial charge in [0.15, 0.2) is 0 Å². The van der Waals surface area contributed by atoms with Crippen LogP contribution in [0.15, 0.2) is 22.8 Å². The van der Waals surface area contributed by atoms with E-state index in [-0.39, 0.29) is 0 Å². The van der Waals surface area contributed by atoms with Crippen LogP contribution in [-0.2, 0) is 10.5 Å². The van der Waals surface area contributed by atoms with Crippen molar-refractivity contribution in [3.8, 4) is 0 Å². The van der Waals surface area contributed by atoms with Crippen molar-refractivity contribution in [1.29, 1.82) is 0 Å². The van der Waals surface area contributed by atoms with Gasteiger partial charge in [0.25, 0.3) is 0 Å². The summed E-state index contributed by atoms with van der Waals surface area (Å²) in [4.78, 5) is 8.89. The number of carboxylic acids is 1. The first-order chi connectivity index (χ1) is 5.16.